The third-order valence-corrected chi connectivity index (χ3v) is 3.10. The van der Waals surface area contributed by atoms with Gasteiger partial charge in [-0.25, -0.2) is 9.97 Å². The predicted molar refractivity (Wildman–Crippen MR) is 72.0 cm³/mol. The molecule has 6 heteroatoms. The van der Waals surface area contributed by atoms with Crippen LogP contribution in [0.4, 0.5) is 11.6 Å². The van der Waals surface area contributed by atoms with E-state index in [0.717, 1.165) is 16.1 Å². The standard InChI is InChI=1S/C11H16BrN5/c1-8(2)17(6-4-5-13)11-9(12)10(14-3)15-7-16-11/h7-8H,4,6H2,1-3H3,(H,14,15,16). The minimum atomic E-state index is 0.277. The van der Waals surface area contributed by atoms with Crippen LogP contribution >= 0.6 is 15.9 Å². The fourth-order valence-electron chi connectivity index (χ4n) is 1.51. The summed E-state index contributed by atoms with van der Waals surface area (Å²) >= 11 is 3.49. The van der Waals surface area contributed by atoms with Crippen molar-refractivity contribution in [3.63, 3.8) is 0 Å². The van der Waals surface area contributed by atoms with Gasteiger partial charge in [0, 0.05) is 19.6 Å². The Balaban J connectivity index is 3.06. The third-order valence-electron chi connectivity index (χ3n) is 2.37. The van der Waals surface area contributed by atoms with Crippen molar-refractivity contribution in [3.05, 3.63) is 10.8 Å². The van der Waals surface area contributed by atoms with Gasteiger partial charge in [-0.15, -0.1) is 0 Å². The second-order valence-corrected chi connectivity index (χ2v) is 4.60. The van der Waals surface area contributed by atoms with Crippen LogP contribution in [0.1, 0.15) is 20.3 Å². The zero-order chi connectivity index (χ0) is 12.8. The van der Waals surface area contributed by atoms with Crippen molar-refractivity contribution in [1.29, 1.82) is 5.26 Å². The molecule has 0 aliphatic heterocycles. The van der Waals surface area contributed by atoms with E-state index >= 15 is 0 Å². The van der Waals surface area contributed by atoms with E-state index in [1.807, 2.05) is 7.05 Å². The molecule has 0 atom stereocenters. The average Bonchev–Trinajstić information content (AvgIpc) is 2.31. The summed E-state index contributed by atoms with van der Waals surface area (Å²) in [5.74, 6) is 1.56. The molecule has 1 heterocycles. The molecule has 1 N–H and O–H groups in total. The smallest absolute Gasteiger partial charge is 0.148 e. The molecule has 0 radical (unpaired) electrons. The summed E-state index contributed by atoms with van der Waals surface area (Å²) < 4.78 is 0.828. The Morgan fingerprint density at radius 2 is 2.24 bits per heavy atom. The highest BCUT2D eigenvalue weighted by molar-refractivity contribution is 9.10. The Bertz CT molecular complexity index is 413. The second-order valence-electron chi connectivity index (χ2n) is 3.81. The van der Waals surface area contributed by atoms with Crippen molar-refractivity contribution in [2.24, 2.45) is 0 Å². The molecule has 5 nitrogen and oxygen atoms in total. The fourth-order valence-corrected chi connectivity index (χ4v) is 2.14. The SMILES string of the molecule is CNc1ncnc(N(CCC#N)C(C)C)c1Br. The molecule has 0 amide bonds. The van der Waals surface area contributed by atoms with Gasteiger partial charge in [0.25, 0.3) is 0 Å². The molecule has 0 unspecified atom stereocenters. The summed E-state index contributed by atoms with van der Waals surface area (Å²) in [5.41, 5.74) is 0. The molecule has 1 rings (SSSR count). The van der Waals surface area contributed by atoms with E-state index in [0.29, 0.717) is 13.0 Å². The van der Waals surface area contributed by atoms with E-state index in [9.17, 15) is 0 Å². The van der Waals surface area contributed by atoms with E-state index in [2.05, 4.69) is 56.0 Å². The van der Waals surface area contributed by atoms with Crippen LogP contribution in [0.5, 0.6) is 0 Å². The summed E-state index contributed by atoms with van der Waals surface area (Å²) in [6, 6.07) is 2.43. The summed E-state index contributed by atoms with van der Waals surface area (Å²) in [6.45, 7) is 4.81. The van der Waals surface area contributed by atoms with Gasteiger partial charge < -0.3 is 10.2 Å². The first-order valence-corrected chi connectivity index (χ1v) is 6.23. The van der Waals surface area contributed by atoms with Gasteiger partial charge in [-0.3, -0.25) is 0 Å². The van der Waals surface area contributed by atoms with E-state index in [1.54, 1.807) is 0 Å². The second kappa shape index (κ2) is 6.40. The first kappa shape index (κ1) is 13.7. The van der Waals surface area contributed by atoms with Crippen molar-refractivity contribution < 1.29 is 0 Å². The van der Waals surface area contributed by atoms with Crippen LogP contribution in [0.15, 0.2) is 10.8 Å². The lowest BCUT2D eigenvalue weighted by molar-refractivity contribution is 0.674. The van der Waals surface area contributed by atoms with Crippen molar-refractivity contribution in [1.82, 2.24) is 9.97 Å². The van der Waals surface area contributed by atoms with Crippen molar-refractivity contribution in [2.45, 2.75) is 26.3 Å². The Kier molecular flexibility index (Phi) is 5.16. The highest BCUT2D eigenvalue weighted by atomic mass is 79.9. The van der Waals surface area contributed by atoms with Gasteiger partial charge in [-0.1, -0.05) is 0 Å². The highest BCUT2D eigenvalue weighted by Crippen LogP contribution is 2.30. The monoisotopic (exact) mass is 297 g/mol. The minimum absolute atomic E-state index is 0.277. The van der Waals surface area contributed by atoms with Gasteiger partial charge in [0.05, 0.1) is 12.5 Å². The molecular weight excluding hydrogens is 282 g/mol. The molecule has 0 aromatic carbocycles. The molecule has 0 fully saturated rings. The fraction of sp³-hybridized carbons (Fsp3) is 0.545. The lowest BCUT2D eigenvalue weighted by Gasteiger charge is -2.28. The molecule has 1 aromatic rings. The maximum atomic E-state index is 8.68. The number of hydrogen-bond acceptors (Lipinski definition) is 5. The quantitative estimate of drug-likeness (QED) is 0.904. The maximum absolute atomic E-state index is 8.68. The number of anilines is 2. The van der Waals surface area contributed by atoms with E-state index < -0.39 is 0 Å². The van der Waals surface area contributed by atoms with Crippen LogP contribution in [-0.2, 0) is 0 Å². The van der Waals surface area contributed by atoms with Gasteiger partial charge in [0.2, 0.25) is 0 Å². The molecular formula is C11H16BrN5. The number of aromatic nitrogens is 2. The maximum Gasteiger partial charge on any atom is 0.148 e. The van der Waals surface area contributed by atoms with Crippen LogP contribution < -0.4 is 10.2 Å². The summed E-state index contributed by atoms with van der Waals surface area (Å²) in [5, 5.41) is 11.7. The first-order valence-electron chi connectivity index (χ1n) is 5.43. The van der Waals surface area contributed by atoms with E-state index in [1.165, 1.54) is 6.33 Å². The Morgan fingerprint density at radius 3 is 2.76 bits per heavy atom. The van der Waals surface area contributed by atoms with Crippen LogP contribution in [-0.4, -0.2) is 29.6 Å². The molecule has 0 aliphatic carbocycles. The van der Waals surface area contributed by atoms with Crippen LogP contribution in [0, 0.1) is 11.3 Å². The summed E-state index contributed by atoms with van der Waals surface area (Å²) in [7, 11) is 1.81. The van der Waals surface area contributed by atoms with Crippen molar-refractivity contribution in [2.75, 3.05) is 23.8 Å². The lowest BCUT2D eigenvalue weighted by atomic mass is 10.3. The molecule has 92 valence electrons. The number of nitriles is 1. The number of halogens is 1. The molecule has 0 saturated heterocycles. The third kappa shape index (κ3) is 3.30. The van der Waals surface area contributed by atoms with Crippen LogP contribution in [0.3, 0.4) is 0 Å². The highest BCUT2D eigenvalue weighted by Gasteiger charge is 2.17. The molecule has 17 heavy (non-hydrogen) atoms. The molecule has 0 bridgehead atoms. The molecule has 0 saturated carbocycles. The molecule has 1 aromatic heterocycles. The Hall–Kier alpha value is -1.35. The van der Waals surface area contributed by atoms with Gasteiger partial charge in [-0.05, 0) is 29.8 Å². The summed E-state index contributed by atoms with van der Waals surface area (Å²) in [4.78, 5) is 10.5. The van der Waals surface area contributed by atoms with Crippen LogP contribution in [0.2, 0.25) is 0 Å². The summed E-state index contributed by atoms with van der Waals surface area (Å²) in [6.07, 6.45) is 2.00. The Morgan fingerprint density at radius 1 is 1.53 bits per heavy atom. The van der Waals surface area contributed by atoms with Crippen LogP contribution in [0.25, 0.3) is 0 Å². The molecule has 0 spiro atoms. The Labute approximate surface area is 110 Å². The average molecular weight is 298 g/mol. The zero-order valence-corrected chi connectivity index (χ0v) is 11.8. The van der Waals surface area contributed by atoms with E-state index in [-0.39, 0.29) is 6.04 Å². The van der Waals surface area contributed by atoms with Crippen molar-refractivity contribution >= 4 is 27.6 Å². The van der Waals surface area contributed by atoms with Gasteiger partial charge in [0.15, 0.2) is 0 Å². The predicted octanol–water partition coefficient (Wildman–Crippen LogP) is 2.41. The van der Waals surface area contributed by atoms with Gasteiger partial charge in [-0.2, -0.15) is 5.26 Å². The molecule has 0 aliphatic rings. The van der Waals surface area contributed by atoms with Crippen molar-refractivity contribution in [3.8, 4) is 6.07 Å². The number of nitrogens with zero attached hydrogens (tertiary/aromatic N) is 4. The van der Waals surface area contributed by atoms with Gasteiger partial charge >= 0.3 is 0 Å². The number of nitrogens with one attached hydrogen (secondary N) is 1. The zero-order valence-electron chi connectivity index (χ0n) is 10.2. The number of hydrogen-bond donors (Lipinski definition) is 1. The topological polar surface area (TPSA) is 64.8 Å². The van der Waals surface area contributed by atoms with E-state index in [4.69, 9.17) is 5.26 Å². The van der Waals surface area contributed by atoms with Gasteiger partial charge in [0.1, 0.15) is 22.4 Å². The largest absolute Gasteiger partial charge is 0.372 e. The number of rotatable bonds is 5. The normalized spacial score (nSPS) is 10.1. The lowest BCUT2D eigenvalue weighted by Crippen LogP contribution is -2.32. The minimum Gasteiger partial charge on any atom is -0.372 e. The first-order chi connectivity index (χ1) is 8.11.